The van der Waals surface area contributed by atoms with Crippen molar-refractivity contribution in [2.75, 3.05) is 19.8 Å². The minimum atomic E-state index is 0.683. The molecule has 0 aliphatic carbocycles. The first-order valence-corrected chi connectivity index (χ1v) is 6.42. The van der Waals surface area contributed by atoms with Gasteiger partial charge >= 0.3 is 0 Å². The van der Waals surface area contributed by atoms with Gasteiger partial charge in [0.25, 0.3) is 0 Å². The van der Waals surface area contributed by atoms with E-state index in [4.69, 9.17) is 15.2 Å². The zero-order valence-electron chi connectivity index (χ0n) is 10.7. The van der Waals surface area contributed by atoms with Crippen LogP contribution in [0.1, 0.15) is 32.6 Å². The van der Waals surface area contributed by atoms with E-state index in [1.807, 2.05) is 31.2 Å². The fourth-order valence-electron chi connectivity index (χ4n) is 1.61. The van der Waals surface area contributed by atoms with Crippen LogP contribution in [0.2, 0.25) is 0 Å². The standard InChI is InChI=1S/C14H23NO2/c1-2-16-13-8-7-9-14(12-13)17-11-6-4-3-5-10-15/h7-9,12H,2-6,10-11,15H2,1H3. The normalized spacial score (nSPS) is 10.2. The first-order chi connectivity index (χ1) is 8.36. The molecular weight excluding hydrogens is 214 g/mol. The van der Waals surface area contributed by atoms with E-state index >= 15 is 0 Å². The summed E-state index contributed by atoms with van der Waals surface area (Å²) in [5, 5.41) is 0. The van der Waals surface area contributed by atoms with Crippen molar-refractivity contribution in [3.05, 3.63) is 24.3 Å². The van der Waals surface area contributed by atoms with E-state index < -0.39 is 0 Å². The Balaban J connectivity index is 2.19. The van der Waals surface area contributed by atoms with Gasteiger partial charge in [0.1, 0.15) is 11.5 Å². The molecule has 0 saturated carbocycles. The third-order valence-corrected chi connectivity index (χ3v) is 2.48. The summed E-state index contributed by atoms with van der Waals surface area (Å²) in [4.78, 5) is 0. The number of ether oxygens (including phenoxy) is 2. The molecule has 3 nitrogen and oxygen atoms in total. The molecule has 1 rings (SSSR count). The van der Waals surface area contributed by atoms with Crippen molar-refractivity contribution < 1.29 is 9.47 Å². The van der Waals surface area contributed by atoms with Gasteiger partial charge in [0, 0.05) is 6.07 Å². The Morgan fingerprint density at radius 1 is 1.00 bits per heavy atom. The van der Waals surface area contributed by atoms with Gasteiger partial charge in [-0.2, -0.15) is 0 Å². The zero-order chi connectivity index (χ0) is 12.3. The Morgan fingerprint density at radius 3 is 2.41 bits per heavy atom. The van der Waals surface area contributed by atoms with E-state index in [2.05, 4.69) is 0 Å². The Hall–Kier alpha value is -1.22. The van der Waals surface area contributed by atoms with Crippen LogP contribution >= 0.6 is 0 Å². The number of unbranched alkanes of at least 4 members (excludes halogenated alkanes) is 3. The summed E-state index contributed by atoms with van der Waals surface area (Å²) >= 11 is 0. The van der Waals surface area contributed by atoms with Gasteiger partial charge < -0.3 is 15.2 Å². The van der Waals surface area contributed by atoms with E-state index in [9.17, 15) is 0 Å². The zero-order valence-corrected chi connectivity index (χ0v) is 10.7. The maximum atomic E-state index is 5.66. The van der Waals surface area contributed by atoms with Gasteiger partial charge in [0.05, 0.1) is 13.2 Å². The van der Waals surface area contributed by atoms with Crippen LogP contribution in [0.3, 0.4) is 0 Å². The van der Waals surface area contributed by atoms with E-state index in [1.54, 1.807) is 0 Å². The fraction of sp³-hybridized carbons (Fsp3) is 0.571. The predicted molar refractivity (Wildman–Crippen MR) is 70.6 cm³/mol. The first-order valence-electron chi connectivity index (χ1n) is 6.42. The maximum Gasteiger partial charge on any atom is 0.122 e. The molecule has 0 spiro atoms. The smallest absolute Gasteiger partial charge is 0.122 e. The highest BCUT2D eigenvalue weighted by Crippen LogP contribution is 2.19. The molecule has 17 heavy (non-hydrogen) atoms. The average Bonchev–Trinajstić information content (AvgIpc) is 2.35. The molecule has 0 unspecified atom stereocenters. The van der Waals surface area contributed by atoms with Crippen LogP contribution in [-0.4, -0.2) is 19.8 Å². The second-order valence-electron chi connectivity index (χ2n) is 3.96. The van der Waals surface area contributed by atoms with Crippen molar-refractivity contribution in [2.45, 2.75) is 32.6 Å². The summed E-state index contributed by atoms with van der Waals surface area (Å²) in [6.45, 7) is 4.21. The van der Waals surface area contributed by atoms with Crippen molar-refractivity contribution in [3.63, 3.8) is 0 Å². The van der Waals surface area contributed by atoms with E-state index in [0.29, 0.717) is 6.61 Å². The number of rotatable bonds is 9. The molecular formula is C14H23NO2. The van der Waals surface area contributed by atoms with E-state index in [-0.39, 0.29) is 0 Å². The van der Waals surface area contributed by atoms with Gasteiger partial charge in [-0.1, -0.05) is 18.9 Å². The molecule has 0 fully saturated rings. The Bertz CT molecular complexity index is 302. The van der Waals surface area contributed by atoms with Crippen molar-refractivity contribution in [2.24, 2.45) is 5.73 Å². The largest absolute Gasteiger partial charge is 0.494 e. The van der Waals surface area contributed by atoms with Crippen LogP contribution in [0.5, 0.6) is 11.5 Å². The first kappa shape index (κ1) is 13.8. The Morgan fingerprint density at radius 2 is 1.71 bits per heavy atom. The molecule has 2 N–H and O–H groups in total. The van der Waals surface area contributed by atoms with Crippen LogP contribution < -0.4 is 15.2 Å². The summed E-state index contributed by atoms with van der Waals surface area (Å²) in [6, 6.07) is 7.79. The van der Waals surface area contributed by atoms with Crippen molar-refractivity contribution in [1.29, 1.82) is 0 Å². The van der Waals surface area contributed by atoms with Gasteiger partial charge in [0.2, 0.25) is 0 Å². The summed E-state index contributed by atoms with van der Waals surface area (Å²) in [6.07, 6.45) is 4.57. The van der Waals surface area contributed by atoms with Crippen LogP contribution in [0.15, 0.2) is 24.3 Å². The Labute approximate surface area is 104 Å². The third-order valence-electron chi connectivity index (χ3n) is 2.48. The summed E-state index contributed by atoms with van der Waals surface area (Å²) in [5.41, 5.74) is 5.43. The summed E-state index contributed by atoms with van der Waals surface area (Å²) in [7, 11) is 0. The molecule has 0 heterocycles. The number of nitrogens with two attached hydrogens (primary N) is 1. The SMILES string of the molecule is CCOc1cccc(OCCCCCCN)c1. The molecule has 1 aromatic carbocycles. The van der Waals surface area contributed by atoms with E-state index in [0.717, 1.165) is 37.5 Å². The van der Waals surface area contributed by atoms with Crippen LogP contribution in [0.25, 0.3) is 0 Å². The van der Waals surface area contributed by atoms with Crippen molar-refractivity contribution >= 4 is 0 Å². The number of hydrogen-bond acceptors (Lipinski definition) is 3. The third kappa shape index (κ3) is 6.17. The lowest BCUT2D eigenvalue weighted by Gasteiger charge is -2.08. The van der Waals surface area contributed by atoms with Gasteiger partial charge in [-0.15, -0.1) is 0 Å². The lowest BCUT2D eigenvalue weighted by atomic mass is 10.2. The molecule has 0 amide bonds. The molecule has 0 bridgehead atoms. The van der Waals surface area contributed by atoms with Crippen LogP contribution in [0.4, 0.5) is 0 Å². The molecule has 0 aliphatic heterocycles. The fourth-order valence-corrected chi connectivity index (χ4v) is 1.61. The second kappa shape index (κ2) is 8.88. The van der Waals surface area contributed by atoms with Crippen LogP contribution in [-0.2, 0) is 0 Å². The molecule has 1 aromatic rings. The molecule has 0 saturated heterocycles. The Kier molecular flexibility index (Phi) is 7.23. The molecule has 0 aromatic heterocycles. The summed E-state index contributed by atoms with van der Waals surface area (Å²) < 4.78 is 11.1. The quantitative estimate of drug-likeness (QED) is 0.671. The minimum Gasteiger partial charge on any atom is -0.494 e. The maximum absolute atomic E-state index is 5.66. The van der Waals surface area contributed by atoms with Gasteiger partial charge in [-0.05, 0) is 38.4 Å². The van der Waals surface area contributed by atoms with Crippen molar-refractivity contribution in [3.8, 4) is 11.5 Å². The lowest BCUT2D eigenvalue weighted by molar-refractivity contribution is 0.299. The molecule has 0 radical (unpaired) electrons. The highest BCUT2D eigenvalue weighted by molar-refractivity contribution is 5.32. The van der Waals surface area contributed by atoms with Crippen molar-refractivity contribution in [1.82, 2.24) is 0 Å². The highest BCUT2D eigenvalue weighted by Gasteiger charge is 1.97. The summed E-state index contributed by atoms with van der Waals surface area (Å²) in [5.74, 6) is 1.75. The predicted octanol–water partition coefficient (Wildman–Crippen LogP) is 2.98. The van der Waals surface area contributed by atoms with Crippen LogP contribution in [0, 0.1) is 0 Å². The number of benzene rings is 1. The van der Waals surface area contributed by atoms with Gasteiger partial charge in [0.15, 0.2) is 0 Å². The monoisotopic (exact) mass is 237 g/mol. The molecule has 0 atom stereocenters. The lowest BCUT2D eigenvalue weighted by Crippen LogP contribution is -2.00. The van der Waals surface area contributed by atoms with Gasteiger partial charge in [-0.3, -0.25) is 0 Å². The molecule has 96 valence electrons. The van der Waals surface area contributed by atoms with Gasteiger partial charge in [-0.25, -0.2) is 0 Å². The minimum absolute atomic E-state index is 0.683. The highest BCUT2D eigenvalue weighted by atomic mass is 16.5. The topological polar surface area (TPSA) is 44.5 Å². The second-order valence-corrected chi connectivity index (χ2v) is 3.96. The number of hydrogen-bond donors (Lipinski definition) is 1. The molecule has 0 aliphatic rings. The molecule has 3 heteroatoms. The average molecular weight is 237 g/mol. The van der Waals surface area contributed by atoms with E-state index in [1.165, 1.54) is 12.8 Å².